The van der Waals surface area contributed by atoms with Crippen molar-refractivity contribution in [2.75, 3.05) is 0 Å². The number of carbonyl (C=O) groups excluding carboxylic acids is 1. The predicted octanol–water partition coefficient (Wildman–Crippen LogP) is 0.893. The average Bonchev–Trinajstić information content (AvgIpc) is 2.99. The summed E-state index contributed by atoms with van der Waals surface area (Å²) in [5.74, 6) is 0.134. The molecule has 0 saturated carbocycles. The Balaban J connectivity index is 2.05. The van der Waals surface area contributed by atoms with Crippen molar-refractivity contribution >= 4 is 17.4 Å². The van der Waals surface area contributed by atoms with Gasteiger partial charge in [0, 0.05) is 0 Å². The van der Waals surface area contributed by atoms with Crippen LogP contribution in [0.3, 0.4) is 0 Å². The van der Waals surface area contributed by atoms with E-state index in [9.17, 15) is 4.79 Å². The first-order valence-electron chi connectivity index (χ1n) is 6.02. The highest BCUT2D eigenvalue weighted by Crippen LogP contribution is 2.11. The van der Waals surface area contributed by atoms with Crippen LogP contribution in [0.2, 0.25) is 0 Å². The third-order valence-electron chi connectivity index (χ3n) is 2.81. The van der Waals surface area contributed by atoms with E-state index in [1.165, 1.54) is 0 Å². The fourth-order valence-electron chi connectivity index (χ4n) is 1.61. The third kappa shape index (κ3) is 3.34. The van der Waals surface area contributed by atoms with Crippen molar-refractivity contribution in [2.45, 2.75) is 33.4 Å². The molecule has 8 heteroatoms. The van der Waals surface area contributed by atoms with E-state index in [0.29, 0.717) is 17.1 Å². The smallest absolute Gasteiger partial charge is 0.265 e. The van der Waals surface area contributed by atoms with Crippen molar-refractivity contribution in [2.24, 2.45) is 5.92 Å². The van der Waals surface area contributed by atoms with Crippen LogP contribution in [0.1, 0.15) is 29.2 Å². The van der Waals surface area contributed by atoms with Crippen molar-refractivity contribution in [3.05, 3.63) is 23.0 Å². The maximum Gasteiger partial charge on any atom is 0.265 e. The number of rotatable bonds is 5. The van der Waals surface area contributed by atoms with Crippen LogP contribution in [0.5, 0.6) is 0 Å². The largest absolute Gasteiger partial charge is 0.346 e. The van der Waals surface area contributed by atoms with E-state index in [1.807, 2.05) is 13.8 Å². The maximum absolute atomic E-state index is 12.1. The molecule has 0 fully saturated rings. The van der Waals surface area contributed by atoms with Gasteiger partial charge in [-0.05, 0) is 24.4 Å². The van der Waals surface area contributed by atoms with Crippen LogP contribution in [0.15, 0.2) is 12.4 Å². The Morgan fingerprint density at radius 3 is 2.63 bits per heavy atom. The van der Waals surface area contributed by atoms with Crippen LogP contribution in [0.4, 0.5) is 0 Å². The van der Waals surface area contributed by atoms with E-state index in [0.717, 1.165) is 11.5 Å². The summed E-state index contributed by atoms with van der Waals surface area (Å²) in [4.78, 5) is 14.3. The standard InChI is InChI=1S/C11H16N6OS/c1-7(2)9(6-17-12-4-5-13-17)14-11(18)10-8(3)15-16-19-10/h4-5,7,9H,6H2,1-3H3,(H,14,18)/t9-/m0/s1. The highest BCUT2D eigenvalue weighted by molar-refractivity contribution is 7.08. The van der Waals surface area contributed by atoms with E-state index in [4.69, 9.17) is 0 Å². The number of aromatic nitrogens is 5. The summed E-state index contributed by atoms with van der Waals surface area (Å²) < 4.78 is 3.77. The molecule has 0 bridgehead atoms. The summed E-state index contributed by atoms with van der Waals surface area (Å²) in [6.07, 6.45) is 3.24. The molecular formula is C11H16N6OS. The predicted molar refractivity (Wildman–Crippen MR) is 70.8 cm³/mol. The number of carbonyl (C=O) groups is 1. The van der Waals surface area contributed by atoms with Crippen LogP contribution < -0.4 is 5.32 Å². The lowest BCUT2D eigenvalue weighted by Crippen LogP contribution is -2.42. The molecule has 1 atom stereocenters. The summed E-state index contributed by atoms with van der Waals surface area (Å²) >= 11 is 1.11. The SMILES string of the molecule is Cc1nnsc1C(=O)N[C@@H](Cn1nccn1)C(C)C. The van der Waals surface area contributed by atoms with E-state index in [1.54, 1.807) is 24.1 Å². The normalized spacial score (nSPS) is 12.6. The minimum atomic E-state index is -0.140. The maximum atomic E-state index is 12.1. The van der Waals surface area contributed by atoms with Crippen molar-refractivity contribution in [3.8, 4) is 0 Å². The molecule has 0 aliphatic heterocycles. The van der Waals surface area contributed by atoms with Gasteiger partial charge in [0.15, 0.2) is 0 Å². The summed E-state index contributed by atoms with van der Waals surface area (Å²) in [5.41, 5.74) is 0.655. The molecule has 2 aromatic rings. The lowest BCUT2D eigenvalue weighted by molar-refractivity contribution is 0.0921. The molecule has 2 aromatic heterocycles. The Bertz CT molecular complexity index is 535. The number of hydrogen-bond acceptors (Lipinski definition) is 6. The number of hydrogen-bond donors (Lipinski definition) is 1. The van der Waals surface area contributed by atoms with Gasteiger partial charge in [0.05, 0.1) is 30.7 Å². The monoisotopic (exact) mass is 280 g/mol. The number of nitrogens with one attached hydrogen (secondary N) is 1. The summed E-state index contributed by atoms with van der Waals surface area (Å²) in [5, 5.41) is 14.9. The number of nitrogens with zero attached hydrogens (tertiary/aromatic N) is 5. The Labute approximate surface area is 115 Å². The second-order valence-electron chi connectivity index (χ2n) is 4.60. The zero-order valence-corrected chi connectivity index (χ0v) is 11.9. The van der Waals surface area contributed by atoms with E-state index < -0.39 is 0 Å². The first-order valence-corrected chi connectivity index (χ1v) is 6.79. The quantitative estimate of drug-likeness (QED) is 0.879. The molecule has 0 aliphatic rings. The van der Waals surface area contributed by atoms with Gasteiger partial charge < -0.3 is 5.32 Å². The third-order valence-corrected chi connectivity index (χ3v) is 3.63. The fraction of sp³-hybridized carbons (Fsp3) is 0.545. The Morgan fingerprint density at radius 2 is 2.11 bits per heavy atom. The van der Waals surface area contributed by atoms with Gasteiger partial charge in [-0.25, -0.2) is 0 Å². The lowest BCUT2D eigenvalue weighted by atomic mass is 10.0. The topological polar surface area (TPSA) is 85.6 Å². The zero-order valence-electron chi connectivity index (χ0n) is 11.1. The molecule has 0 radical (unpaired) electrons. The molecule has 0 spiro atoms. The summed E-state index contributed by atoms with van der Waals surface area (Å²) in [6, 6.07) is -0.0404. The van der Waals surface area contributed by atoms with Gasteiger partial charge >= 0.3 is 0 Å². The van der Waals surface area contributed by atoms with Crippen LogP contribution in [-0.2, 0) is 6.54 Å². The van der Waals surface area contributed by atoms with Crippen LogP contribution in [-0.4, -0.2) is 36.5 Å². The zero-order chi connectivity index (χ0) is 13.8. The van der Waals surface area contributed by atoms with Gasteiger partial charge in [0.2, 0.25) is 0 Å². The molecule has 0 saturated heterocycles. The van der Waals surface area contributed by atoms with Crippen molar-refractivity contribution < 1.29 is 4.79 Å². The minimum Gasteiger partial charge on any atom is -0.346 e. The molecule has 2 rings (SSSR count). The van der Waals surface area contributed by atoms with Gasteiger partial charge in [-0.15, -0.1) is 5.10 Å². The molecule has 0 aromatic carbocycles. The van der Waals surface area contributed by atoms with E-state index in [2.05, 4.69) is 25.1 Å². The summed E-state index contributed by atoms with van der Waals surface area (Å²) in [6.45, 7) is 6.41. The van der Waals surface area contributed by atoms with E-state index in [-0.39, 0.29) is 17.9 Å². The molecular weight excluding hydrogens is 264 g/mol. The molecule has 7 nitrogen and oxygen atoms in total. The second-order valence-corrected chi connectivity index (χ2v) is 5.35. The van der Waals surface area contributed by atoms with E-state index >= 15 is 0 Å². The average molecular weight is 280 g/mol. The van der Waals surface area contributed by atoms with Crippen LogP contribution in [0, 0.1) is 12.8 Å². The van der Waals surface area contributed by atoms with Gasteiger partial charge in [0.1, 0.15) is 4.88 Å². The van der Waals surface area contributed by atoms with Gasteiger partial charge in [-0.3, -0.25) is 4.79 Å². The van der Waals surface area contributed by atoms with Crippen molar-refractivity contribution in [3.63, 3.8) is 0 Å². The number of aryl methyl sites for hydroxylation is 1. The molecule has 1 N–H and O–H groups in total. The van der Waals surface area contributed by atoms with Crippen molar-refractivity contribution in [1.29, 1.82) is 0 Å². The molecule has 19 heavy (non-hydrogen) atoms. The molecule has 2 heterocycles. The Kier molecular flexibility index (Phi) is 4.20. The Morgan fingerprint density at radius 1 is 1.42 bits per heavy atom. The van der Waals surface area contributed by atoms with Gasteiger partial charge in [0.25, 0.3) is 5.91 Å². The lowest BCUT2D eigenvalue weighted by Gasteiger charge is -2.21. The first kappa shape index (κ1) is 13.6. The number of amides is 1. The van der Waals surface area contributed by atoms with Crippen LogP contribution >= 0.6 is 11.5 Å². The molecule has 0 unspecified atom stereocenters. The first-order chi connectivity index (χ1) is 9.08. The highest BCUT2D eigenvalue weighted by Gasteiger charge is 2.21. The van der Waals surface area contributed by atoms with Crippen LogP contribution in [0.25, 0.3) is 0 Å². The summed E-state index contributed by atoms with van der Waals surface area (Å²) in [7, 11) is 0. The highest BCUT2D eigenvalue weighted by atomic mass is 32.1. The fourth-order valence-corrected chi connectivity index (χ4v) is 2.17. The second kappa shape index (κ2) is 5.87. The van der Waals surface area contributed by atoms with Gasteiger partial charge in [-0.2, -0.15) is 15.0 Å². The Hall–Kier alpha value is -1.83. The minimum absolute atomic E-state index is 0.0404. The van der Waals surface area contributed by atoms with Crippen molar-refractivity contribution in [1.82, 2.24) is 29.9 Å². The molecule has 1 amide bonds. The van der Waals surface area contributed by atoms with Gasteiger partial charge in [-0.1, -0.05) is 18.3 Å². The molecule has 0 aliphatic carbocycles. The molecule has 102 valence electrons.